The van der Waals surface area contributed by atoms with Gasteiger partial charge in [0.25, 0.3) is 0 Å². The van der Waals surface area contributed by atoms with Crippen molar-refractivity contribution in [2.45, 2.75) is 13.0 Å². The number of halogens is 1. The molecule has 0 radical (unpaired) electrons. The van der Waals surface area contributed by atoms with Gasteiger partial charge in [-0.15, -0.1) is 29.1 Å². The predicted molar refractivity (Wildman–Crippen MR) is 112 cm³/mol. The summed E-state index contributed by atoms with van der Waals surface area (Å²) in [5.74, 6) is 0. The molecule has 2 heterocycles. The smallest absolute Gasteiger partial charge is 0.138 e. The fourth-order valence-electron chi connectivity index (χ4n) is 2.13. The summed E-state index contributed by atoms with van der Waals surface area (Å²) in [5.41, 5.74) is 1.19. The molecule has 1 aromatic heterocycles. The van der Waals surface area contributed by atoms with Crippen LogP contribution >= 0.6 is 24.0 Å². The van der Waals surface area contributed by atoms with E-state index in [1.165, 1.54) is 16.6 Å². The normalized spacial score (nSPS) is 13.4. The van der Waals surface area contributed by atoms with Crippen LogP contribution in [-0.2, 0) is 17.7 Å². The summed E-state index contributed by atoms with van der Waals surface area (Å²) in [6, 6.07) is 9.95. The van der Waals surface area contributed by atoms with Crippen LogP contribution in [0, 0.1) is 0 Å². The third-order valence-corrected chi connectivity index (χ3v) is 3.48. The van der Waals surface area contributed by atoms with E-state index in [1.54, 1.807) is 0 Å². The predicted octanol–water partition coefficient (Wildman–Crippen LogP) is -0.184. The Balaban J connectivity index is 0.000000369. The van der Waals surface area contributed by atoms with E-state index >= 15 is 0 Å². The van der Waals surface area contributed by atoms with Crippen molar-refractivity contribution >= 4 is 24.0 Å². The molecule has 0 atom stereocenters. The van der Waals surface area contributed by atoms with Crippen LogP contribution in [0.15, 0.2) is 36.7 Å². The van der Waals surface area contributed by atoms with Gasteiger partial charge in [0.2, 0.25) is 0 Å². The quantitative estimate of drug-likeness (QED) is 0.473. The van der Waals surface area contributed by atoms with Crippen molar-refractivity contribution in [3.8, 4) is 0 Å². The Bertz CT molecular complexity index is 525. The lowest BCUT2D eigenvalue weighted by Gasteiger charge is -2.25. The molecule has 0 spiro atoms. The number of tetrazole rings is 1. The zero-order valence-electron chi connectivity index (χ0n) is 15.4. The first kappa shape index (κ1) is 25.8. The van der Waals surface area contributed by atoms with Crippen LogP contribution in [-0.4, -0.2) is 93.1 Å². The lowest BCUT2D eigenvalue weighted by atomic mass is 10.2. The molecule has 0 bridgehead atoms. The van der Waals surface area contributed by atoms with E-state index in [4.69, 9.17) is 20.1 Å². The van der Waals surface area contributed by atoms with Crippen LogP contribution in [0.25, 0.3) is 0 Å². The van der Waals surface area contributed by atoms with Crippen molar-refractivity contribution in [3.63, 3.8) is 0 Å². The van der Waals surface area contributed by atoms with Crippen molar-refractivity contribution in [2.75, 3.05) is 52.7 Å². The Morgan fingerprint density at radius 2 is 1.59 bits per heavy atom. The number of morpholine rings is 1. The van der Waals surface area contributed by atoms with Crippen molar-refractivity contribution in [2.24, 2.45) is 0 Å². The van der Waals surface area contributed by atoms with Gasteiger partial charge in [-0.25, -0.2) is 4.68 Å². The first-order chi connectivity index (χ1) is 12.8. The van der Waals surface area contributed by atoms with Gasteiger partial charge in [0.05, 0.1) is 33.0 Å². The van der Waals surface area contributed by atoms with E-state index in [0.29, 0.717) is 6.54 Å². The molecular formula is C17H30IN5O4. The molecule has 0 amide bonds. The maximum absolute atomic E-state index is 8.54. The Labute approximate surface area is 177 Å². The molecule has 10 heteroatoms. The molecule has 2 aromatic rings. The van der Waals surface area contributed by atoms with Gasteiger partial charge >= 0.3 is 0 Å². The molecule has 1 aliphatic heterocycles. The second-order valence-electron chi connectivity index (χ2n) is 5.43. The summed E-state index contributed by atoms with van der Waals surface area (Å²) in [6.45, 7) is 5.42. The molecule has 0 aliphatic carbocycles. The Kier molecular flexibility index (Phi) is 17.4. The number of aromatic nitrogens is 4. The van der Waals surface area contributed by atoms with Gasteiger partial charge in [-0.1, -0.05) is 30.3 Å². The van der Waals surface area contributed by atoms with Crippen molar-refractivity contribution in [1.29, 1.82) is 0 Å². The Morgan fingerprint density at radius 3 is 2.11 bits per heavy atom. The highest BCUT2D eigenvalue weighted by atomic mass is 127. The van der Waals surface area contributed by atoms with Gasteiger partial charge < -0.3 is 20.1 Å². The minimum atomic E-state index is 0. The molecule has 1 aromatic carbocycles. The standard InChI is InChI=1S/C8H10O.C6H13NO2.C3H6N4O.HI/c9-7-6-8-4-2-1-3-5-8;8-4-1-7-2-5-9-6-3-7;8-2-1-7-3-4-5-6-7;/h1-5,9H,6-7H2;8H,1-6H2;3,8H,1-2H2;1H. The van der Waals surface area contributed by atoms with E-state index < -0.39 is 0 Å². The number of β-amino-alcohol motifs (C(OH)–C–C–N with tert-alkyl or cyclic N) is 1. The van der Waals surface area contributed by atoms with Gasteiger partial charge in [0, 0.05) is 26.2 Å². The Morgan fingerprint density at radius 1 is 0.926 bits per heavy atom. The summed E-state index contributed by atoms with van der Waals surface area (Å²) >= 11 is 0. The van der Waals surface area contributed by atoms with Crippen molar-refractivity contribution in [1.82, 2.24) is 25.1 Å². The summed E-state index contributed by atoms with van der Waals surface area (Å²) in [5, 5.41) is 35.6. The minimum Gasteiger partial charge on any atom is -0.396 e. The van der Waals surface area contributed by atoms with Crippen LogP contribution in [0.2, 0.25) is 0 Å². The first-order valence-corrected chi connectivity index (χ1v) is 8.67. The van der Waals surface area contributed by atoms with Crippen LogP contribution in [0.1, 0.15) is 5.56 Å². The monoisotopic (exact) mass is 495 g/mol. The number of nitrogens with zero attached hydrogens (tertiary/aromatic N) is 5. The van der Waals surface area contributed by atoms with Gasteiger partial charge in [0.15, 0.2) is 0 Å². The van der Waals surface area contributed by atoms with Crippen LogP contribution in [0.4, 0.5) is 0 Å². The SMILES string of the molecule is I.OCCN1CCOCC1.OCCc1ccccc1.OCCn1cnnn1. The second-order valence-corrected chi connectivity index (χ2v) is 5.43. The maximum Gasteiger partial charge on any atom is 0.138 e. The van der Waals surface area contributed by atoms with Crippen molar-refractivity contribution in [3.05, 3.63) is 42.2 Å². The van der Waals surface area contributed by atoms with E-state index in [9.17, 15) is 0 Å². The molecule has 3 N–H and O–H groups in total. The van der Waals surface area contributed by atoms with Gasteiger partial charge in [0.1, 0.15) is 6.33 Å². The van der Waals surface area contributed by atoms with Gasteiger partial charge in [-0.05, 0) is 22.4 Å². The van der Waals surface area contributed by atoms with Crippen molar-refractivity contribution < 1.29 is 20.1 Å². The molecule has 1 fully saturated rings. The highest BCUT2D eigenvalue weighted by Crippen LogP contribution is 1.97. The van der Waals surface area contributed by atoms with E-state index in [1.807, 2.05) is 30.3 Å². The van der Waals surface area contributed by atoms with Gasteiger partial charge in [-0.3, -0.25) is 4.90 Å². The summed E-state index contributed by atoms with van der Waals surface area (Å²) < 4.78 is 6.58. The zero-order chi connectivity index (χ0) is 18.9. The fourth-order valence-corrected chi connectivity index (χ4v) is 2.13. The van der Waals surface area contributed by atoms with E-state index in [2.05, 4.69) is 20.4 Å². The molecule has 3 rings (SSSR count). The first-order valence-electron chi connectivity index (χ1n) is 8.67. The minimum absolute atomic E-state index is 0. The van der Waals surface area contributed by atoms with Crippen LogP contribution in [0.5, 0.6) is 0 Å². The molecule has 154 valence electrons. The lowest BCUT2D eigenvalue weighted by Crippen LogP contribution is -2.37. The number of ether oxygens (including phenoxy) is 1. The zero-order valence-corrected chi connectivity index (χ0v) is 17.8. The summed E-state index contributed by atoms with van der Waals surface area (Å²) in [6.07, 6.45) is 2.22. The number of benzene rings is 1. The number of aliphatic hydroxyl groups is 3. The third kappa shape index (κ3) is 13.6. The topological polar surface area (TPSA) is 117 Å². The van der Waals surface area contributed by atoms with E-state index in [-0.39, 0.29) is 43.8 Å². The average molecular weight is 495 g/mol. The Hall–Kier alpha value is -1.18. The number of aliphatic hydroxyl groups excluding tert-OH is 3. The number of hydrogen-bond acceptors (Lipinski definition) is 8. The molecule has 1 saturated heterocycles. The lowest BCUT2D eigenvalue weighted by molar-refractivity contribution is 0.0306. The average Bonchev–Trinajstić information content (AvgIpc) is 3.19. The van der Waals surface area contributed by atoms with Crippen LogP contribution < -0.4 is 0 Å². The summed E-state index contributed by atoms with van der Waals surface area (Å²) in [7, 11) is 0. The number of rotatable bonds is 6. The maximum atomic E-state index is 8.54. The highest BCUT2D eigenvalue weighted by Gasteiger charge is 2.07. The fraction of sp³-hybridized carbons (Fsp3) is 0.588. The second kappa shape index (κ2) is 18.2. The molecule has 0 saturated carbocycles. The largest absolute Gasteiger partial charge is 0.396 e. The molecular weight excluding hydrogens is 465 g/mol. The third-order valence-electron chi connectivity index (χ3n) is 3.48. The van der Waals surface area contributed by atoms with E-state index in [0.717, 1.165) is 39.3 Å². The van der Waals surface area contributed by atoms with Gasteiger partial charge in [-0.2, -0.15) is 0 Å². The summed E-state index contributed by atoms with van der Waals surface area (Å²) in [4.78, 5) is 2.20. The van der Waals surface area contributed by atoms with Crippen LogP contribution in [0.3, 0.4) is 0 Å². The molecule has 27 heavy (non-hydrogen) atoms. The number of hydrogen-bond donors (Lipinski definition) is 3. The molecule has 0 unspecified atom stereocenters. The molecule has 9 nitrogen and oxygen atoms in total. The highest BCUT2D eigenvalue weighted by molar-refractivity contribution is 14.0. The molecule has 1 aliphatic rings.